The minimum absolute atomic E-state index is 0. The van der Waals surface area contributed by atoms with Crippen LogP contribution in [0.5, 0.6) is 0 Å². The minimum Gasteiger partial charge on any atom is -1.00 e. The van der Waals surface area contributed by atoms with Crippen molar-refractivity contribution in [1.29, 1.82) is 0 Å². The van der Waals surface area contributed by atoms with Crippen molar-refractivity contribution < 1.29 is 31.0 Å². The summed E-state index contributed by atoms with van der Waals surface area (Å²) in [6.07, 6.45) is 0. The average molecular weight is 203 g/mol. The van der Waals surface area contributed by atoms with E-state index in [1.165, 1.54) is 10.8 Å². The summed E-state index contributed by atoms with van der Waals surface area (Å²) < 4.78 is 0. The Morgan fingerprint density at radius 2 is 1.20 bits per heavy atom. The first kappa shape index (κ1) is 10.6. The SMILES string of the molecule is [H-].[Na+].c1ccc2nc3ccccc3cc2c1. The molecule has 0 atom stereocenters. The Morgan fingerprint density at radius 1 is 0.733 bits per heavy atom. The molecule has 0 spiro atoms. The molecule has 3 rings (SSSR count). The van der Waals surface area contributed by atoms with Crippen molar-refractivity contribution in [3.05, 3.63) is 54.6 Å². The first-order valence-corrected chi connectivity index (χ1v) is 4.68. The van der Waals surface area contributed by atoms with Gasteiger partial charge in [0.05, 0.1) is 11.0 Å². The molecule has 0 fully saturated rings. The summed E-state index contributed by atoms with van der Waals surface area (Å²) in [4.78, 5) is 4.58. The van der Waals surface area contributed by atoms with E-state index in [0.29, 0.717) is 0 Å². The van der Waals surface area contributed by atoms with Crippen molar-refractivity contribution >= 4 is 21.8 Å². The number of hydrogen-bond donors (Lipinski definition) is 0. The molecule has 0 bridgehead atoms. The van der Waals surface area contributed by atoms with Gasteiger partial charge in [0.1, 0.15) is 0 Å². The maximum Gasteiger partial charge on any atom is 1.00 e. The summed E-state index contributed by atoms with van der Waals surface area (Å²) in [5.41, 5.74) is 2.12. The Morgan fingerprint density at radius 3 is 1.73 bits per heavy atom. The van der Waals surface area contributed by atoms with Gasteiger partial charge in [0.15, 0.2) is 0 Å². The topological polar surface area (TPSA) is 12.9 Å². The second kappa shape index (κ2) is 4.31. The Hall–Kier alpha value is -0.890. The van der Waals surface area contributed by atoms with E-state index >= 15 is 0 Å². The number of benzene rings is 2. The van der Waals surface area contributed by atoms with Crippen molar-refractivity contribution in [2.45, 2.75) is 0 Å². The van der Waals surface area contributed by atoms with Gasteiger partial charge < -0.3 is 1.43 Å². The zero-order chi connectivity index (χ0) is 9.38. The van der Waals surface area contributed by atoms with Gasteiger partial charge in [-0.1, -0.05) is 36.4 Å². The predicted molar refractivity (Wildman–Crippen MR) is 60.4 cm³/mol. The van der Waals surface area contributed by atoms with Crippen LogP contribution in [-0.4, -0.2) is 4.98 Å². The number of para-hydroxylation sites is 2. The van der Waals surface area contributed by atoms with E-state index in [-0.39, 0.29) is 31.0 Å². The fourth-order valence-electron chi connectivity index (χ4n) is 1.72. The van der Waals surface area contributed by atoms with Crippen LogP contribution in [0.3, 0.4) is 0 Å². The largest absolute Gasteiger partial charge is 1.00 e. The van der Waals surface area contributed by atoms with Gasteiger partial charge in [-0.05, 0) is 18.2 Å². The molecule has 0 saturated carbocycles. The quantitative estimate of drug-likeness (QED) is 0.383. The summed E-state index contributed by atoms with van der Waals surface area (Å²) >= 11 is 0. The normalized spacial score (nSPS) is 10.1. The molecule has 0 aliphatic heterocycles. The maximum absolute atomic E-state index is 4.58. The van der Waals surface area contributed by atoms with Gasteiger partial charge in [-0.2, -0.15) is 0 Å². The molecule has 68 valence electrons. The summed E-state index contributed by atoms with van der Waals surface area (Å²) in [6, 6.07) is 18.6. The van der Waals surface area contributed by atoms with Gasteiger partial charge in [-0.3, -0.25) is 0 Å². The van der Waals surface area contributed by atoms with Crippen LogP contribution < -0.4 is 29.6 Å². The fourth-order valence-corrected chi connectivity index (χ4v) is 1.72. The summed E-state index contributed by atoms with van der Waals surface area (Å²) in [5.74, 6) is 0. The summed E-state index contributed by atoms with van der Waals surface area (Å²) in [6.45, 7) is 0. The third kappa shape index (κ3) is 1.91. The van der Waals surface area contributed by atoms with Gasteiger partial charge in [-0.15, -0.1) is 0 Å². The van der Waals surface area contributed by atoms with Crippen LogP contribution in [0.1, 0.15) is 1.43 Å². The Kier molecular flexibility index (Phi) is 3.06. The molecule has 15 heavy (non-hydrogen) atoms. The van der Waals surface area contributed by atoms with Gasteiger partial charge in [0, 0.05) is 10.8 Å². The van der Waals surface area contributed by atoms with E-state index in [4.69, 9.17) is 0 Å². The number of rotatable bonds is 0. The third-order valence-corrected chi connectivity index (χ3v) is 2.43. The van der Waals surface area contributed by atoms with Crippen molar-refractivity contribution in [3.63, 3.8) is 0 Å². The van der Waals surface area contributed by atoms with Crippen molar-refractivity contribution in [2.24, 2.45) is 0 Å². The van der Waals surface area contributed by atoms with Crippen LogP contribution in [0, 0.1) is 0 Å². The molecule has 1 aromatic heterocycles. The smallest absolute Gasteiger partial charge is 1.00 e. The molecule has 0 aliphatic carbocycles. The molecule has 2 heteroatoms. The van der Waals surface area contributed by atoms with Crippen LogP contribution >= 0.6 is 0 Å². The standard InChI is InChI=1S/C13H9N.Na.H/c1-3-7-12-10(5-1)9-11-6-2-4-8-13(11)14-12;;/h1-9H;;/q;+1;-1. The van der Waals surface area contributed by atoms with E-state index in [9.17, 15) is 0 Å². The van der Waals surface area contributed by atoms with Gasteiger partial charge in [0.25, 0.3) is 0 Å². The van der Waals surface area contributed by atoms with E-state index in [0.717, 1.165) is 11.0 Å². The van der Waals surface area contributed by atoms with Gasteiger partial charge in [-0.25, -0.2) is 4.98 Å². The number of pyridine rings is 1. The van der Waals surface area contributed by atoms with Crippen molar-refractivity contribution in [1.82, 2.24) is 4.98 Å². The zero-order valence-corrected chi connectivity index (χ0v) is 10.6. The van der Waals surface area contributed by atoms with E-state index in [1.807, 2.05) is 36.4 Å². The zero-order valence-electron chi connectivity index (χ0n) is 9.64. The molecular formula is C13H10NNa. The summed E-state index contributed by atoms with van der Waals surface area (Å²) in [7, 11) is 0. The Labute approximate surface area is 112 Å². The molecule has 1 nitrogen and oxygen atoms in total. The molecule has 0 unspecified atom stereocenters. The van der Waals surface area contributed by atoms with Crippen molar-refractivity contribution in [2.75, 3.05) is 0 Å². The Bertz CT molecular complexity index is 505. The molecule has 3 aromatic rings. The number of nitrogens with zero attached hydrogens (tertiary/aromatic N) is 1. The van der Waals surface area contributed by atoms with Gasteiger partial charge >= 0.3 is 29.6 Å². The first-order chi connectivity index (χ1) is 6.93. The minimum atomic E-state index is 0. The molecule has 0 N–H and O–H groups in total. The Balaban J connectivity index is 0.000000640. The van der Waals surface area contributed by atoms with E-state index < -0.39 is 0 Å². The monoisotopic (exact) mass is 203 g/mol. The average Bonchev–Trinajstić information content (AvgIpc) is 2.26. The molecule has 1 heterocycles. The van der Waals surface area contributed by atoms with Crippen LogP contribution in [0.2, 0.25) is 0 Å². The second-order valence-corrected chi connectivity index (χ2v) is 3.37. The number of hydrogen-bond acceptors (Lipinski definition) is 1. The molecule has 2 aromatic carbocycles. The first-order valence-electron chi connectivity index (χ1n) is 4.68. The van der Waals surface area contributed by atoms with Crippen LogP contribution in [0.25, 0.3) is 21.8 Å². The number of fused-ring (bicyclic) bond motifs is 2. The van der Waals surface area contributed by atoms with Crippen LogP contribution in [0.4, 0.5) is 0 Å². The predicted octanol–water partition coefficient (Wildman–Crippen LogP) is 0.504. The molecular weight excluding hydrogens is 193 g/mol. The van der Waals surface area contributed by atoms with E-state index in [2.05, 4.69) is 23.2 Å². The molecule has 0 amide bonds. The molecule has 0 saturated heterocycles. The van der Waals surface area contributed by atoms with Crippen LogP contribution in [0.15, 0.2) is 54.6 Å². The summed E-state index contributed by atoms with van der Waals surface area (Å²) in [5, 5.41) is 2.40. The maximum atomic E-state index is 4.58. The molecule has 0 radical (unpaired) electrons. The number of aromatic nitrogens is 1. The second-order valence-electron chi connectivity index (χ2n) is 3.37. The third-order valence-electron chi connectivity index (χ3n) is 2.43. The fraction of sp³-hybridized carbons (Fsp3) is 0. The van der Waals surface area contributed by atoms with Gasteiger partial charge in [0.2, 0.25) is 0 Å². The van der Waals surface area contributed by atoms with Crippen LogP contribution in [-0.2, 0) is 0 Å². The molecule has 0 aliphatic rings. The van der Waals surface area contributed by atoms with E-state index in [1.54, 1.807) is 0 Å². The van der Waals surface area contributed by atoms with Crippen molar-refractivity contribution in [3.8, 4) is 0 Å².